The predicted octanol–water partition coefficient (Wildman–Crippen LogP) is 1.77. The Morgan fingerprint density at radius 1 is 1.44 bits per heavy atom. The Bertz CT molecular complexity index is 325. The van der Waals surface area contributed by atoms with Gasteiger partial charge in [-0.15, -0.1) is 0 Å². The first-order valence-electron chi connectivity index (χ1n) is 5.72. The van der Waals surface area contributed by atoms with Gasteiger partial charge in [0.05, 0.1) is 0 Å². The number of rotatable bonds is 9. The molecule has 0 spiro atoms. The average molecular weight is 258 g/mol. The van der Waals surface area contributed by atoms with Gasteiger partial charge in [-0.1, -0.05) is 17.3 Å². The van der Waals surface area contributed by atoms with Crippen LogP contribution in [0.4, 0.5) is 0 Å². The number of carbonyl (C=O) groups is 1. The van der Waals surface area contributed by atoms with Crippen molar-refractivity contribution < 1.29 is 19.7 Å². The van der Waals surface area contributed by atoms with Gasteiger partial charge in [0.1, 0.15) is 6.61 Å². The Morgan fingerprint density at radius 2 is 2.17 bits per heavy atom. The maximum absolute atomic E-state index is 11.4. The van der Waals surface area contributed by atoms with Crippen LogP contribution in [-0.4, -0.2) is 35.0 Å². The van der Waals surface area contributed by atoms with Crippen molar-refractivity contribution in [2.75, 3.05) is 13.2 Å². The predicted molar refractivity (Wildman–Crippen MR) is 65.3 cm³/mol. The highest BCUT2D eigenvalue weighted by Gasteiger charge is 2.13. The summed E-state index contributed by atoms with van der Waals surface area (Å²) >= 11 is 0. The van der Waals surface area contributed by atoms with Gasteiger partial charge in [-0.05, 0) is 19.8 Å². The van der Waals surface area contributed by atoms with Crippen molar-refractivity contribution in [1.82, 2.24) is 0 Å². The molecule has 18 heavy (non-hydrogen) atoms. The number of ether oxygens (including phenoxy) is 1. The molecule has 0 aliphatic carbocycles. The van der Waals surface area contributed by atoms with Gasteiger partial charge in [0, 0.05) is 17.8 Å². The Morgan fingerprint density at radius 3 is 2.72 bits per heavy atom. The second kappa shape index (κ2) is 10.2. The van der Waals surface area contributed by atoms with Gasteiger partial charge >= 0.3 is 5.97 Å². The maximum atomic E-state index is 11.4. The second-order valence-electron chi connectivity index (χ2n) is 3.58. The van der Waals surface area contributed by atoms with Crippen LogP contribution in [0, 0.1) is 10.1 Å². The van der Waals surface area contributed by atoms with Gasteiger partial charge in [0.15, 0.2) is 5.71 Å². The molecule has 7 nitrogen and oxygen atoms in total. The number of esters is 1. The summed E-state index contributed by atoms with van der Waals surface area (Å²) in [4.78, 5) is 21.1. The van der Waals surface area contributed by atoms with E-state index in [1.807, 2.05) is 0 Å². The van der Waals surface area contributed by atoms with Gasteiger partial charge < -0.3 is 9.94 Å². The van der Waals surface area contributed by atoms with Gasteiger partial charge in [0.2, 0.25) is 6.54 Å². The average Bonchev–Trinajstić information content (AvgIpc) is 2.33. The molecule has 0 aromatic carbocycles. The summed E-state index contributed by atoms with van der Waals surface area (Å²) in [5.41, 5.74) is -0.0550. The molecule has 0 aromatic rings. The molecule has 7 heteroatoms. The number of carbonyl (C=O) groups excluding carboxylic acids is 1. The summed E-state index contributed by atoms with van der Waals surface area (Å²) in [6.07, 6.45) is 5.24. The normalized spacial score (nSPS) is 11.7. The third kappa shape index (κ3) is 8.26. The fourth-order valence-electron chi connectivity index (χ4n) is 1.21. The number of oxime groups is 1. The van der Waals surface area contributed by atoms with Crippen molar-refractivity contribution in [2.45, 2.75) is 32.6 Å². The van der Waals surface area contributed by atoms with E-state index in [0.29, 0.717) is 19.3 Å². The lowest BCUT2D eigenvalue weighted by atomic mass is 10.1. The third-order valence-electron chi connectivity index (χ3n) is 2.16. The first-order chi connectivity index (χ1) is 8.61. The summed E-state index contributed by atoms with van der Waals surface area (Å²) in [5.74, 6) is -0.662. The van der Waals surface area contributed by atoms with E-state index in [0.717, 1.165) is 0 Å². The minimum absolute atomic E-state index is 0.0550. The van der Waals surface area contributed by atoms with Crippen LogP contribution in [0.2, 0.25) is 0 Å². The Balaban J connectivity index is 3.83. The van der Waals surface area contributed by atoms with E-state index in [1.54, 1.807) is 19.1 Å². The summed E-state index contributed by atoms with van der Waals surface area (Å²) in [5, 5.41) is 21.6. The molecule has 0 radical (unpaired) electrons. The number of allylic oxidation sites excluding steroid dienone is 1. The smallest absolute Gasteiger partial charge is 0.356 e. The lowest BCUT2D eigenvalue weighted by molar-refractivity contribution is -0.480. The highest BCUT2D eigenvalue weighted by molar-refractivity contribution is 6.36. The van der Waals surface area contributed by atoms with E-state index >= 15 is 0 Å². The maximum Gasteiger partial charge on any atom is 0.356 e. The quantitative estimate of drug-likeness (QED) is 0.129. The van der Waals surface area contributed by atoms with Crippen molar-refractivity contribution in [3.05, 3.63) is 22.3 Å². The van der Waals surface area contributed by atoms with Crippen molar-refractivity contribution >= 4 is 11.7 Å². The van der Waals surface area contributed by atoms with Gasteiger partial charge in [-0.2, -0.15) is 0 Å². The molecule has 0 aromatic heterocycles. The molecule has 0 bridgehead atoms. The summed E-state index contributed by atoms with van der Waals surface area (Å²) in [6.45, 7) is 1.84. The van der Waals surface area contributed by atoms with Crippen LogP contribution in [0.25, 0.3) is 0 Å². The number of nitro groups is 1. The molecular formula is C11H18N2O5. The standard InChI is InChI=1S/C11H18N2O5/c1-2-3-9-18-11(14)10(12-15)7-5-4-6-8-13(16)17/h2-3,15H,4-9H2,1H3. The second-order valence-corrected chi connectivity index (χ2v) is 3.58. The van der Waals surface area contributed by atoms with Gasteiger partial charge in [-0.25, -0.2) is 4.79 Å². The summed E-state index contributed by atoms with van der Waals surface area (Å²) in [7, 11) is 0. The van der Waals surface area contributed by atoms with E-state index in [4.69, 9.17) is 9.94 Å². The topological polar surface area (TPSA) is 102 Å². The van der Waals surface area contributed by atoms with Crippen LogP contribution in [-0.2, 0) is 9.53 Å². The molecule has 1 N–H and O–H groups in total. The number of nitrogens with zero attached hydrogens (tertiary/aromatic N) is 2. The molecule has 0 saturated carbocycles. The Hall–Kier alpha value is -1.92. The minimum atomic E-state index is -0.662. The van der Waals surface area contributed by atoms with Crippen molar-refractivity contribution in [2.24, 2.45) is 5.16 Å². The molecule has 0 atom stereocenters. The van der Waals surface area contributed by atoms with Crippen LogP contribution in [0.5, 0.6) is 0 Å². The van der Waals surface area contributed by atoms with Crippen molar-refractivity contribution in [3.8, 4) is 0 Å². The van der Waals surface area contributed by atoms with E-state index in [1.165, 1.54) is 0 Å². The first-order valence-corrected chi connectivity index (χ1v) is 5.72. The van der Waals surface area contributed by atoms with Crippen LogP contribution >= 0.6 is 0 Å². The zero-order valence-corrected chi connectivity index (χ0v) is 10.4. The molecule has 0 heterocycles. The van der Waals surface area contributed by atoms with Crippen LogP contribution in [0.15, 0.2) is 17.3 Å². The van der Waals surface area contributed by atoms with E-state index in [-0.39, 0.29) is 30.2 Å². The molecule has 0 aliphatic heterocycles. The van der Waals surface area contributed by atoms with Crippen molar-refractivity contribution in [3.63, 3.8) is 0 Å². The van der Waals surface area contributed by atoms with Gasteiger partial charge in [-0.3, -0.25) is 10.1 Å². The van der Waals surface area contributed by atoms with Gasteiger partial charge in [0.25, 0.3) is 0 Å². The Labute approximate surface area is 105 Å². The lowest BCUT2D eigenvalue weighted by Crippen LogP contribution is -2.18. The monoisotopic (exact) mass is 258 g/mol. The van der Waals surface area contributed by atoms with Crippen molar-refractivity contribution in [1.29, 1.82) is 0 Å². The summed E-state index contributed by atoms with van der Waals surface area (Å²) in [6, 6.07) is 0. The number of hydrogen-bond donors (Lipinski definition) is 1. The molecule has 0 aliphatic rings. The zero-order valence-electron chi connectivity index (χ0n) is 10.4. The largest absolute Gasteiger partial charge is 0.457 e. The third-order valence-corrected chi connectivity index (χ3v) is 2.16. The number of hydrogen-bond acceptors (Lipinski definition) is 6. The number of unbranched alkanes of at least 4 members (excludes halogenated alkanes) is 2. The fourth-order valence-corrected chi connectivity index (χ4v) is 1.21. The fraction of sp³-hybridized carbons (Fsp3) is 0.636. The molecule has 0 saturated heterocycles. The van der Waals surface area contributed by atoms with E-state index in [9.17, 15) is 14.9 Å². The van der Waals surface area contributed by atoms with E-state index < -0.39 is 5.97 Å². The highest BCUT2D eigenvalue weighted by atomic mass is 16.6. The van der Waals surface area contributed by atoms with Crippen LogP contribution in [0.3, 0.4) is 0 Å². The SMILES string of the molecule is CC=CCOC(=O)C(CCCCC[N+](=O)[O-])=NO. The minimum Gasteiger partial charge on any atom is -0.457 e. The Kier molecular flexibility index (Phi) is 9.15. The molecular weight excluding hydrogens is 240 g/mol. The summed E-state index contributed by atoms with van der Waals surface area (Å²) < 4.78 is 4.81. The zero-order chi connectivity index (χ0) is 13.8. The molecule has 0 amide bonds. The van der Waals surface area contributed by atoms with E-state index in [2.05, 4.69) is 5.16 Å². The molecule has 0 unspecified atom stereocenters. The molecule has 0 fully saturated rings. The lowest BCUT2D eigenvalue weighted by Gasteiger charge is -2.03. The van der Waals surface area contributed by atoms with Crippen LogP contribution in [0.1, 0.15) is 32.6 Å². The van der Waals surface area contributed by atoms with Crippen LogP contribution < -0.4 is 0 Å². The first kappa shape index (κ1) is 16.1. The highest BCUT2D eigenvalue weighted by Crippen LogP contribution is 2.03. The molecule has 0 rings (SSSR count). The molecule has 102 valence electrons.